The van der Waals surface area contributed by atoms with E-state index in [1.54, 1.807) is 48.5 Å². The van der Waals surface area contributed by atoms with E-state index in [1.807, 2.05) is 97.1 Å². The number of hydrogen-bond acceptors (Lipinski definition) is 6. The van der Waals surface area contributed by atoms with Crippen LogP contribution in [-0.4, -0.2) is 33.6 Å². The topological polar surface area (TPSA) is 127 Å². The number of imide groups is 2. The molecule has 0 aromatic heterocycles. The first-order chi connectivity index (χ1) is 26.5. The maximum Gasteiger partial charge on any atom is 0.275 e. The van der Waals surface area contributed by atoms with E-state index < -0.39 is 23.6 Å². The average molecular weight is 743 g/mol. The summed E-state index contributed by atoms with van der Waals surface area (Å²) in [6.07, 6.45) is 0. The van der Waals surface area contributed by atoms with Crippen LogP contribution in [0.1, 0.15) is 94.1 Å². The highest BCUT2D eigenvalue weighted by molar-refractivity contribution is 6.10. The second-order valence-corrected chi connectivity index (χ2v) is 15.9. The molecular weight excluding hydrogens is 697 g/mol. The number of hydrogen-bond donors (Lipinski definition) is 2. The lowest BCUT2D eigenvalue weighted by Gasteiger charge is -2.20. The number of rotatable bonds is 7. The number of nitrogens with zero attached hydrogens (tertiary/aromatic N) is 2. The lowest BCUT2D eigenvalue weighted by Crippen LogP contribution is -2.42. The third kappa shape index (κ3) is 8.57. The van der Waals surface area contributed by atoms with Gasteiger partial charge in [-0.3, -0.25) is 19.2 Å². The first-order valence-electron chi connectivity index (χ1n) is 18.4. The van der Waals surface area contributed by atoms with E-state index >= 15 is 0 Å². The fourth-order valence-corrected chi connectivity index (χ4v) is 6.29. The Kier molecular flexibility index (Phi) is 11.0. The van der Waals surface area contributed by atoms with E-state index in [-0.39, 0.29) is 10.8 Å². The van der Waals surface area contributed by atoms with E-state index in [1.165, 1.54) is 0 Å². The van der Waals surface area contributed by atoms with Crippen molar-refractivity contribution in [3.8, 4) is 33.4 Å². The summed E-state index contributed by atoms with van der Waals surface area (Å²) in [5.41, 5.74) is 9.16. The SMILES string of the molecule is CC(C)(C)c1ccc(C(=O)N(N)C(=O)c2ccc(-c3ccc(-c4ccc(-c5ccc(C(=O)N(N)C(=O)c6ccc(C(C)(C)C)cc6)cc5)cc4)cc3)cc2)cc1. The minimum absolute atomic E-state index is 0.0596. The zero-order chi connectivity index (χ0) is 40.4. The molecular formula is C48H46N4O4. The van der Waals surface area contributed by atoms with Crippen LogP contribution in [0.2, 0.25) is 0 Å². The van der Waals surface area contributed by atoms with Gasteiger partial charge in [0.1, 0.15) is 0 Å². The number of carbonyl (C=O) groups excluding carboxylic acids is 4. The van der Waals surface area contributed by atoms with Gasteiger partial charge >= 0.3 is 0 Å². The molecule has 0 bridgehead atoms. The smallest absolute Gasteiger partial charge is 0.267 e. The standard InChI is InChI=1S/C48H46N4O4/c1-47(2,3)41-27-23-39(24-28-41)45(55)51(49)43(53)37-19-15-35(16-20-37)33-11-7-31(8-12-33)32-9-13-34(14-10-32)36-17-21-38(22-18-36)44(54)52(50)46(56)40-25-29-42(30-26-40)48(4,5)6/h7-30H,49-50H2,1-6H3. The van der Waals surface area contributed by atoms with E-state index in [4.69, 9.17) is 11.7 Å². The van der Waals surface area contributed by atoms with Crippen LogP contribution < -0.4 is 11.7 Å². The van der Waals surface area contributed by atoms with Crippen LogP contribution in [0.4, 0.5) is 0 Å². The van der Waals surface area contributed by atoms with Crippen molar-refractivity contribution >= 4 is 23.6 Å². The summed E-state index contributed by atoms with van der Waals surface area (Å²) in [7, 11) is 0. The zero-order valence-corrected chi connectivity index (χ0v) is 32.5. The van der Waals surface area contributed by atoms with Crippen molar-refractivity contribution in [2.75, 3.05) is 0 Å². The van der Waals surface area contributed by atoms with Crippen molar-refractivity contribution < 1.29 is 19.2 Å². The van der Waals surface area contributed by atoms with Gasteiger partial charge in [0.05, 0.1) is 0 Å². The van der Waals surface area contributed by atoms with Gasteiger partial charge in [0.2, 0.25) is 0 Å². The van der Waals surface area contributed by atoms with Crippen LogP contribution >= 0.6 is 0 Å². The van der Waals surface area contributed by atoms with Gasteiger partial charge in [0.15, 0.2) is 0 Å². The number of amides is 4. The third-order valence-electron chi connectivity index (χ3n) is 9.90. The van der Waals surface area contributed by atoms with Gasteiger partial charge in [-0.05, 0) is 104 Å². The Morgan fingerprint density at radius 3 is 0.661 bits per heavy atom. The predicted molar refractivity (Wildman–Crippen MR) is 222 cm³/mol. The molecule has 0 fully saturated rings. The van der Waals surface area contributed by atoms with Crippen LogP contribution in [0.25, 0.3) is 33.4 Å². The van der Waals surface area contributed by atoms with Crippen molar-refractivity contribution in [3.05, 3.63) is 179 Å². The van der Waals surface area contributed by atoms with E-state index in [2.05, 4.69) is 41.5 Å². The summed E-state index contributed by atoms with van der Waals surface area (Å²) in [6, 6.07) is 44.5. The summed E-state index contributed by atoms with van der Waals surface area (Å²) < 4.78 is 0. The maximum absolute atomic E-state index is 13.1. The largest absolute Gasteiger partial charge is 0.275 e. The quantitative estimate of drug-likeness (QED) is 0.0726. The van der Waals surface area contributed by atoms with Crippen LogP contribution in [0.5, 0.6) is 0 Å². The Morgan fingerprint density at radius 2 is 0.482 bits per heavy atom. The molecule has 6 aromatic carbocycles. The van der Waals surface area contributed by atoms with Gasteiger partial charge in [-0.2, -0.15) is 0 Å². The Labute approximate surface area is 328 Å². The molecule has 0 saturated carbocycles. The van der Waals surface area contributed by atoms with Crippen molar-refractivity contribution in [1.29, 1.82) is 0 Å². The lowest BCUT2D eigenvalue weighted by molar-refractivity contribution is 0.0601. The van der Waals surface area contributed by atoms with Gasteiger partial charge < -0.3 is 0 Å². The highest BCUT2D eigenvalue weighted by Crippen LogP contribution is 2.29. The third-order valence-corrected chi connectivity index (χ3v) is 9.90. The summed E-state index contributed by atoms with van der Waals surface area (Å²) in [4.78, 5) is 52.0. The highest BCUT2D eigenvalue weighted by atomic mass is 16.2. The van der Waals surface area contributed by atoms with Crippen molar-refractivity contribution in [1.82, 2.24) is 10.0 Å². The fourth-order valence-electron chi connectivity index (χ4n) is 6.29. The van der Waals surface area contributed by atoms with Crippen LogP contribution in [0, 0.1) is 0 Å². The van der Waals surface area contributed by atoms with Gasteiger partial charge in [-0.1, -0.05) is 139 Å². The predicted octanol–water partition coefficient (Wildman–Crippen LogP) is 9.60. The fraction of sp³-hybridized carbons (Fsp3) is 0.167. The number of hydrazine groups is 2. The first-order valence-corrected chi connectivity index (χ1v) is 18.4. The number of benzene rings is 6. The van der Waals surface area contributed by atoms with Gasteiger partial charge in [-0.15, -0.1) is 0 Å². The molecule has 6 aromatic rings. The van der Waals surface area contributed by atoms with E-state index in [0.717, 1.165) is 44.5 Å². The molecule has 8 heteroatoms. The Morgan fingerprint density at radius 1 is 0.321 bits per heavy atom. The molecule has 0 heterocycles. The summed E-state index contributed by atoms with van der Waals surface area (Å²) in [5, 5.41) is 1.31. The molecule has 282 valence electrons. The molecule has 0 spiro atoms. The van der Waals surface area contributed by atoms with Crippen molar-refractivity contribution in [2.24, 2.45) is 11.7 Å². The molecule has 56 heavy (non-hydrogen) atoms. The second-order valence-electron chi connectivity index (χ2n) is 15.9. The van der Waals surface area contributed by atoms with Gasteiger partial charge in [-0.25, -0.2) is 21.7 Å². The van der Waals surface area contributed by atoms with Crippen molar-refractivity contribution in [3.63, 3.8) is 0 Å². The molecule has 8 nitrogen and oxygen atoms in total. The molecule has 0 atom stereocenters. The Balaban J connectivity index is 1.06. The van der Waals surface area contributed by atoms with Crippen LogP contribution in [0.15, 0.2) is 146 Å². The molecule has 6 rings (SSSR count). The normalized spacial score (nSPS) is 11.5. The molecule has 0 saturated heterocycles. The maximum atomic E-state index is 13.1. The minimum atomic E-state index is -0.586. The minimum Gasteiger partial charge on any atom is -0.267 e. The van der Waals surface area contributed by atoms with Crippen LogP contribution in [0.3, 0.4) is 0 Å². The van der Waals surface area contributed by atoms with Gasteiger partial charge in [0.25, 0.3) is 23.6 Å². The summed E-state index contributed by atoms with van der Waals surface area (Å²) in [6.45, 7) is 12.5. The first kappa shape index (κ1) is 39.2. The molecule has 0 aliphatic heterocycles. The Hall–Kier alpha value is -6.48. The lowest BCUT2D eigenvalue weighted by atomic mass is 9.86. The average Bonchev–Trinajstić information content (AvgIpc) is 3.21. The number of nitrogens with two attached hydrogens (primary N) is 2. The summed E-state index contributed by atoms with van der Waals surface area (Å²) in [5.74, 6) is 9.65. The summed E-state index contributed by atoms with van der Waals surface area (Å²) >= 11 is 0. The molecule has 4 N–H and O–H groups in total. The monoisotopic (exact) mass is 742 g/mol. The molecule has 0 aliphatic rings. The van der Waals surface area contributed by atoms with Crippen molar-refractivity contribution in [2.45, 2.75) is 52.4 Å². The molecule has 0 radical (unpaired) electrons. The zero-order valence-electron chi connectivity index (χ0n) is 32.5. The molecule has 4 amide bonds. The Bertz CT molecular complexity index is 2200. The molecule has 0 unspecified atom stereocenters. The van der Waals surface area contributed by atoms with Crippen LogP contribution in [-0.2, 0) is 10.8 Å². The van der Waals surface area contributed by atoms with Gasteiger partial charge in [0, 0.05) is 22.3 Å². The second kappa shape index (κ2) is 15.7. The van der Waals surface area contributed by atoms with E-state index in [0.29, 0.717) is 32.3 Å². The number of carbonyl (C=O) groups is 4. The van der Waals surface area contributed by atoms with E-state index in [9.17, 15) is 19.2 Å². The molecule has 0 aliphatic carbocycles. The highest BCUT2D eigenvalue weighted by Gasteiger charge is 2.24.